The summed E-state index contributed by atoms with van der Waals surface area (Å²) in [5, 5.41) is 13.1. The highest BCUT2D eigenvalue weighted by Crippen LogP contribution is 2.27. The maximum Gasteiger partial charge on any atom is 0.267 e. The van der Waals surface area contributed by atoms with E-state index in [9.17, 15) is 9.59 Å². The van der Waals surface area contributed by atoms with Gasteiger partial charge in [0.25, 0.3) is 11.5 Å². The molecule has 0 aliphatic carbocycles. The van der Waals surface area contributed by atoms with Gasteiger partial charge in [0, 0.05) is 24.8 Å². The number of nitrogens with zero attached hydrogens (tertiary/aromatic N) is 7. The number of carbonyl (C=O) groups is 1. The Labute approximate surface area is 231 Å². The smallest absolute Gasteiger partial charge is 0.267 e. The van der Waals surface area contributed by atoms with E-state index >= 15 is 0 Å². The third-order valence-electron chi connectivity index (χ3n) is 6.63. The Bertz CT molecular complexity index is 2040. The van der Waals surface area contributed by atoms with E-state index < -0.39 is 11.9 Å². The highest BCUT2D eigenvalue weighted by molar-refractivity contribution is 7.15. The number of aryl methyl sites for hydroxylation is 1. The number of hydrogen-bond donors (Lipinski definition) is 2. The average Bonchev–Trinajstić information content (AvgIpc) is 3.62. The number of amides is 1. The molecular formula is C28H23N9O2S. The minimum absolute atomic E-state index is 0.0560. The zero-order valence-corrected chi connectivity index (χ0v) is 22.6. The molecule has 12 heteroatoms. The van der Waals surface area contributed by atoms with Crippen LogP contribution in [0.15, 0.2) is 65.2 Å². The van der Waals surface area contributed by atoms with Gasteiger partial charge < -0.3 is 11.1 Å². The van der Waals surface area contributed by atoms with Gasteiger partial charge in [-0.15, -0.1) is 16.4 Å². The summed E-state index contributed by atoms with van der Waals surface area (Å²) in [5.74, 6) is 5.82. The van der Waals surface area contributed by atoms with E-state index in [4.69, 9.17) is 10.7 Å². The lowest BCUT2D eigenvalue weighted by atomic mass is 10.0. The molecule has 0 bridgehead atoms. The first kappa shape index (κ1) is 25.0. The van der Waals surface area contributed by atoms with Crippen molar-refractivity contribution < 1.29 is 4.79 Å². The minimum atomic E-state index is -0.645. The molecule has 0 aliphatic rings. The highest BCUT2D eigenvalue weighted by Gasteiger charge is 2.25. The molecule has 0 saturated heterocycles. The first-order valence-corrected chi connectivity index (χ1v) is 13.2. The number of aromatic nitrogens is 7. The largest absolute Gasteiger partial charge is 0.381 e. The third kappa shape index (κ3) is 4.18. The molecule has 198 valence electrons. The van der Waals surface area contributed by atoms with E-state index in [2.05, 4.69) is 32.3 Å². The number of nitrogens with one attached hydrogen (secondary N) is 1. The van der Waals surface area contributed by atoms with E-state index in [0.717, 1.165) is 11.3 Å². The van der Waals surface area contributed by atoms with E-state index in [1.54, 1.807) is 41.6 Å². The zero-order chi connectivity index (χ0) is 28.0. The summed E-state index contributed by atoms with van der Waals surface area (Å²) in [4.78, 5) is 37.0. The lowest BCUT2D eigenvalue weighted by Gasteiger charge is -2.17. The van der Waals surface area contributed by atoms with Crippen LogP contribution in [0.25, 0.3) is 21.7 Å². The van der Waals surface area contributed by atoms with Crippen molar-refractivity contribution in [1.82, 2.24) is 39.1 Å². The van der Waals surface area contributed by atoms with E-state index in [0.29, 0.717) is 33.1 Å². The van der Waals surface area contributed by atoms with Gasteiger partial charge in [0.15, 0.2) is 16.4 Å². The Morgan fingerprint density at radius 1 is 1.18 bits per heavy atom. The normalized spacial score (nSPS) is 11.9. The van der Waals surface area contributed by atoms with E-state index in [-0.39, 0.29) is 16.9 Å². The van der Waals surface area contributed by atoms with Gasteiger partial charge in [-0.3, -0.25) is 14.3 Å². The Hall–Kier alpha value is -5.28. The van der Waals surface area contributed by atoms with E-state index in [1.165, 1.54) is 20.3 Å². The minimum Gasteiger partial charge on any atom is -0.381 e. The van der Waals surface area contributed by atoms with Gasteiger partial charge in [-0.05, 0) is 31.4 Å². The number of nitrogens with two attached hydrogens (primary N) is 1. The molecule has 5 heterocycles. The quantitative estimate of drug-likeness (QED) is 0.323. The average molecular weight is 550 g/mol. The monoisotopic (exact) mass is 549 g/mol. The second-order valence-corrected chi connectivity index (χ2v) is 9.98. The van der Waals surface area contributed by atoms with Crippen molar-refractivity contribution in [2.75, 3.05) is 5.73 Å². The number of benzene rings is 1. The highest BCUT2D eigenvalue weighted by atomic mass is 32.1. The molecule has 0 saturated carbocycles. The molecule has 1 aromatic carbocycles. The second-order valence-electron chi connectivity index (χ2n) is 9.14. The van der Waals surface area contributed by atoms with Crippen molar-refractivity contribution in [2.45, 2.75) is 19.9 Å². The summed E-state index contributed by atoms with van der Waals surface area (Å²) in [6.07, 6.45) is 4.92. The number of rotatable bonds is 4. The maximum atomic E-state index is 14.1. The second kappa shape index (κ2) is 9.79. The molecule has 1 unspecified atom stereocenters. The van der Waals surface area contributed by atoms with Crippen LogP contribution in [0.1, 0.15) is 46.0 Å². The number of carbonyl (C=O) groups excluding carboxylic acids is 1. The van der Waals surface area contributed by atoms with Crippen molar-refractivity contribution >= 4 is 33.7 Å². The summed E-state index contributed by atoms with van der Waals surface area (Å²) in [7, 11) is 1.85. The molecule has 40 heavy (non-hydrogen) atoms. The standard InChI is InChI=1S/C28H23N9O2S/c1-16(32-26(38)22-24(29)34-36-13-7-12-30-25(22)36)23-21(18-8-5-4-6-9-18)27(39)37-20(15-40-28(37)33-23)11-10-19-14-31-35(3)17(19)2/h4-9,12-16H,1-3H3,(H2,29,34)(H,32,38). The first-order chi connectivity index (χ1) is 19.3. The van der Waals surface area contributed by atoms with Crippen molar-refractivity contribution in [1.29, 1.82) is 0 Å². The van der Waals surface area contributed by atoms with Crippen LogP contribution in [0, 0.1) is 18.8 Å². The summed E-state index contributed by atoms with van der Waals surface area (Å²) < 4.78 is 4.70. The van der Waals surface area contributed by atoms with E-state index in [1.807, 2.05) is 44.3 Å². The lowest BCUT2D eigenvalue weighted by molar-refractivity contribution is 0.0941. The van der Waals surface area contributed by atoms with Crippen LogP contribution < -0.4 is 16.6 Å². The number of fused-ring (bicyclic) bond motifs is 2. The van der Waals surface area contributed by atoms with Crippen LogP contribution in [0.5, 0.6) is 0 Å². The summed E-state index contributed by atoms with van der Waals surface area (Å²) in [6.45, 7) is 3.71. The third-order valence-corrected chi connectivity index (χ3v) is 7.45. The van der Waals surface area contributed by atoms with Crippen LogP contribution in [0.3, 0.4) is 0 Å². The molecule has 11 nitrogen and oxygen atoms in total. The molecule has 0 spiro atoms. The molecule has 0 radical (unpaired) electrons. The van der Waals surface area contributed by atoms with Crippen LogP contribution in [-0.4, -0.2) is 39.7 Å². The predicted molar refractivity (Wildman–Crippen MR) is 152 cm³/mol. The number of nitrogen functional groups attached to an aromatic ring is 1. The summed E-state index contributed by atoms with van der Waals surface area (Å²) in [6, 6.07) is 10.3. The lowest BCUT2D eigenvalue weighted by Crippen LogP contribution is -2.30. The zero-order valence-electron chi connectivity index (χ0n) is 21.8. The molecule has 1 atom stereocenters. The molecular weight excluding hydrogens is 526 g/mol. The van der Waals surface area contributed by atoms with Crippen molar-refractivity contribution in [3.63, 3.8) is 0 Å². The summed E-state index contributed by atoms with van der Waals surface area (Å²) >= 11 is 1.30. The maximum absolute atomic E-state index is 14.1. The fourth-order valence-electron chi connectivity index (χ4n) is 4.46. The SMILES string of the molecule is Cc1c(C#Cc2csc3nc(C(C)NC(=O)c4c(N)nn5cccnc45)c(-c4ccccc4)c(=O)n23)cnn1C. The Balaban J connectivity index is 1.45. The summed E-state index contributed by atoms with van der Waals surface area (Å²) in [5.41, 5.74) is 9.97. The van der Waals surface area contributed by atoms with Crippen molar-refractivity contribution in [2.24, 2.45) is 7.05 Å². The van der Waals surface area contributed by atoms with Gasteiger partial charge in [0.2, 0.25) is 0 Å². The van der Waals surface area contributed by atoms with Crippen LogP contribution in [0.2, 0.25) is 0 Å². The molecule has 6 aromatic rings. The molecule has 0 aliphatic heterocycles. The Kier molecular flexibility index (Phi) is 6.13. The van der Waals surface area contributed by atoms with Gasteiger partial charge in [0.05, 0.1) is 34.8 Å². The molecule has 1 amide bonds. The van der Waals surface area contributed by atoms with Crippen LogP contribution >= 0.6 is 11.3 Å². The number of hydrogen-bond acceptors (Lipinski definition) is 8. The fraction of sp³-hybridized carbons (Fsp3) is 0.143. The number of thiazole rings is 1. The van der Waals surface area contributed by atoms with Gasteiger partial charge in [-0.25, -0.2) is 18.9 Å². The predicted octanol–water partition coefficient (Wildman–Crippen LogP) is 2.98. The van der Waals surface area contributed by atoms with Crippen LogP contribution in [-0.2, 0) is 7.05 Å². The van der Waals surface area contributed by atoms with Gasteiger partial charge in [0.1, 0.15) is 11.3 Å². The molecule has 3 N–H and O–H groups in total. The molecule has 6 rings (SSSR count). The van der Waals surface area contributed by atoms with Crippen molar-refractivity contribution in [3.8, 4) is 23.0 Å². The first-order valence-electron chi connectivity index (χ1n) is 12.3. The Morgan fingerprint density at radius 2 is 1.98 bits per heavy atom. The van der Waals surface area contributed by atoms with Gasteiger partial charge >= 0.3 is 0 Å². The number of anilines is 1. The van der Waals surface area contributed by atoms with Crippen molar-refractivity contribution in [3.05, 3.63) is 98.9 Å². The molecule has 0 fully saturated rings. The topological polar surface area (TPSA) is 138 Å². The van der Waals surface area contributed by atoms with Gasteiger partial charge in [-0.1, -0.05) is 36.3 Å². The molecule has 5 aromatic heterocycles. The van der Waals surface area contributed by atoms with Crippen LogP contribution in [0.4, 0.5) is 5.82 Å². The van der Waals surface area contributed by atoms with Gasteiger partial charge in [-0.2, -0.15) is 5.10 Å². The Morgan fingerprint density at radius 3 is 2.73 bits per heavy atom. The fourth-order valence-corrected chi connectivity index (χ4v) is 5.28.